The monoisotopic (exact) mass is 587 g/mol. The van der Waals surface area contributed by atoms with Gasteiger partial charge in [-0.3, -0.25) is 9.59 Å². The molecule has 0 saturated carbocycles. The zero-order valence-electron chi connectivity index (χ0n) is 23.4. The van der Waals surface area contributed by atoms with Crippen LogP contribution in [0.1, 0.15) is 46.5 Å². The fourth-order valence-electron chi connectivity index (χ4n) is 5.09. The van der Waals surface area contributed by atoms with E-state index in [1.165, 1.54) is 4.90 Å². The molecule has 0 unspecified atom stereocenters. The van der Waals surface area contributed by atoms with Crippen molar-refractivity contribution in [2.45, 2.75) is 32.5 Å². The standard InChI is InChI=1S/C30H33F4N5O3/c1-3-21-18-38(29(41)23-9-8-20(31)17-25(23)30(32,33)34)14-15-39(21)26-10-7-19(16-24(26)27(40)36-13-11-35)22-6-5-12-37-28(22)42-4-2/h5-10,12,16-17,21H,3-4,11,13-15,18,35H2,1-2H3,(H,36,40)/t21-/m1/s1. The number of carbonyl (C=O) groups excluding carboxylic acids is 2. The van der Waals surface area contributed by atoms with Crippen molar-refractivity contribution in [2.24, 2.45) is 5.73 Å². The van der Waals surface area contributed by atoms with Gasteiger partial charge in [0.1, 0.15) is 5.82 Å². The number of piperazine rings is 1. The number of rotatable bonds is 9. The van der Waals surface area contributed by atoms with Crippen LogP contribution < -0.4 is 20.7 Å². The molecule has 12 heteroatoms. The first-order valence-corrected chi connectivity index (χ1v) is 13.7. The number of carbonyl (C=O) groups is 2. The first-order chi connectivity index (χ1) is 20.1. The van der Waals surface area contributed by atoms with E-state index in [1.54, 1.807) is 18.3 Å². The number of nitrogens with zero attached hydrogens (tertiary/aromatic N) is 3. The Morgan fingerprint density at radius 1 is 1.10 bits per heavy atom. The molecular weight excluding hydrogens is 554 g/mol. The summed E-state index contributed by atoms with van der Waals surface area (Å²) in [6.07, 6.45) is -2.72. The second-order valence-corrected chi connectivity index (χ2v) is 9.76. The highest BCUT2D eigenvalue weighted by Gasteiger charge is 2.38. The first kappa shape index (κ1) is 30.8. The van der Waals surface area contributed by atoms with Crippen molar-refractivity contribution < 1.29 is 31.9 Å². The van der Waals surface area contributed by atoms with Crippen LogP contribution >= 0.6 is 0 Å². The van der Waals surface area contributed by atoms with Crippen LogP contribution in [-0.2, 0) is 6.18 Å². The lowest BCUT2D eigenvalue weighted by Crippen LogP contribution is -2.55. The molecule has 2 heterocycles. The summed E-state index contributed by atoms with van der Waals surface area (Å²) >= 11 is 0. The summed E-state index contributed by atoms with van der Waals surface area (Å²) < 4.78 is 60.1. The van der Waals surface area contributed by atoms with Crippen LogP contribution in [0.25, 0.3) is 11.1 Å². The Morgan fingerprint density at radius 2 is 1.88 bits per heavy atom. The molecule has 1 aromatic heterocycles. The molecular formula is C30H33F4N5O3. The molecule has 1 atom stereocenters. The molecule has 8 nitrogen and oxygen atoms in total. The maximum Gasteiger partial charge on any atom is 0.417 e. The van der Waals surface area contributed by atoms with Gasteiger partial charge in [-0.1, -0.05) is 13.0 Å². The van der Waals surface area contributed by atoms with Crippen molar-refractivity contribution in [1.29, 1.82) is 0 Å². The molecule has 3 N–H and O–H groups in total. The summed E-state index contributed by atoms with van der Waals surface area (Å²) in [5.41, 5.74) is 6.13. The average Bonchev–Trinajstić information content (AvgIpc) is 2.99. The van der Waals surface area contributed by atoms with Gasteiger partial charge in [0.15, 0.2) is 0 Å². The minimum Gasteiger partial charge on any atom is -0.478 e. The molecule has 1 aliphatic heterocycles. The third-order valence-corrected chi connectivity index (χ3v) is 7.10. The van der Waals surface area contributed by atoms with Gasteiger partial charge in [-0.15, -0.1) is 0 Å². The Bertz CT molecular complexity index is 1430. The highest BCUT2D eigenvalue weighted by atomic mass is 19.4. The highest BCUT2D eigenvalue weighted by molar-refractivity contribution is 6.01. The van der Waals surface area contributed by atoms with Crippen molar-refractivity contribution in [3.63, 3.8) is 0 Å². The third kappa shape index (κ3) is 6.64. The van der Waals surface area contributed by atoms with Crippen LogP contribution in [0.3, 0.4) is 0 Å². The van der Waals surface area contributed by atoms with E-state index in [0.717, 1.165) is 12.1 Å². The van der Waals surface area contributed by atoms with Crippen LogP contribution in [0, 0.1) is 5.82 Å². The zero-order chi connectivity index (χ0) is 30.4. The number of pyridine rings is 1. The molecule has 3 aromatic rings. The van der Waals surface area contributed by atoms with Crippen LogP contribution in [0.15, 0.2) is 54.7 Å². The van der Waals surface area contributed by atoms with Crippen LogP contribution in [-0.4, -0.2) is 67.1 Å². The third-order valence-electron chi connectivity index (χ3n) is 7.10. The lowest BCUT2D eigenvalue weighted by molar-refractivity contribution is -0.138. The lowest BCUT2D eigenvalue weighted by atomic mass is 9.98. The van der Waals surface area contributed by atoms with E-state index < -0.39 is 29.0 Å². The van der Waals surface area contributed by atoms with Gasteiger partial charge in [-0.05, 0) is 61.4 Å². The number of aromatic nitrogens is 1. The SMILES string of the molecule is CCOc1ncccc1-c1ccc(N2CCN(C(=O)c3ccc(F)cc3C(F)(F)F)C[C@H]2CC)c(C(=O)NCCN)c1. The number of anilines is 1. The summed E-state index contributed by atoms with van der Waals surface area (Å²) in [7, 11) is 0. The molecule has 0 aliphatic carbocycles. The second-order valence-electron chi connectivity index (χ2n) is 9.76. The summed E-state index contributed by atoms with van der Waals surface area (Å²) in [5.74, 6) is -1.80. The van der Waals surface area contributed by atoms with E-state index in [2.05, 4.69) is 10.3 Å². The van der Waals surface area contributed by atoms with Gasteiger partial charge in [0.05, 0.1) is 23.3 Å². The molecule has 1 saturated heterocycles. The van der Waals surface area contributed by atoms with Crippen molar-refractivity contribution in [1.82, 2.24) is 15.2 Å². The number of halogens is 4. The number of benzene rings is 2. The van der Waals surface area contributed by atoms with Crippen molar-refractivity contribution >= 4 is 17.5 Å². The normalized spacial score (nSPS) is 15.5. The summed E-state index contributed by atoms with van der Waals surface area (Å²) in [6.45, 7) is 5.16. The number of alkyl halides is 3. The summed E-state index contributed by atoms with van der Waals surface area (Å²) in [4.78, 5) is 34.2. The fraction of sp³-hybridized carbons (Fsp3) is 0.367. The van der Waals surface area contributed by atoms with Gasteiger partial charge in [-0.2, -0.15) is 13.2 Å². The number of nitrogens with two attached hydrogens (primary N) is 1. The van der Waals surface area contributed by atoms with E-state index in [1.807, 2.05) is 36.9 Å². The molecule has 4 rings (SSSR count). The lowest BCUT2D eigenvalue weighted by Gasteiger charge is -2.43. The number of nitrogens with one attached hydrogen (secondary N) is 1. The van der Waals surface area contributed by atoms with Crippen molar-refractivity contribution in [2.75, 3.05) is 44.2 Å². The number of hydrogen-bond acceptors (Lipinski definition) is 6. The molecule has 224 valence electrons. The Hall–Kier alpha value is -4.19. The van der Waals surface area contributed by atoms with E-state index in [-0.39, 0.29) is 44.7 Å². The fourth-order valence-corrected chi connectivity index (χ4v) is 5.09. The zero-order valence-corrected chi connectivity index (χ0v) is 23.4. The van der Waals surface area contributed by atoms with Gasteiger partial charge in [-0.25, -0.2) is 9.37 Å². The van der Waals surface area contributed by atoms with Gasteiger partial charge in [0.2, 0.25) is 5.88 Å². The summed E-state index contributed by atoms with van der Waals surface area (Å²) in [6, 6.07) is 10.8. The summed E-state index contributed by atoms with van der Waals surface area (Å²) in [5, 5.41) is 2.81. The first-order valence-electron chi connectivity index (χ1n) is 13.7. The quantitative estimate of drug-likeness (QED) is 0.351. The van der Waals surface area contributed by atoms with Gasteiger partial charge in [0.25, 0.3) is 11.8 Å². The van der Waals surface area contributed by atoms with E-state index in [9.17, 15) is 27.2 Å². The molecule has 1 fully saturated rings. The Labute approximate surface area is 241 Å². The minimum absolute atomic E-state index is 0.104. The number of ether oxygens (including phenoxy) is 1. The maximum absolute atomic E-state index is 13.6. The molecule has 1 aliphatic rings. The van der Waals surface area contributed by atoms with Crippen LogP contribution in [0.2, 0.25) is 0 Å². The predicted molar refractivity (Wildman–Crippen MR) is 151 cm³/mol. The Kier molecular flexibility index (Phi) is 9.66. The smallest absolute Gasteiger partial charge is 0.417 e. The minimum atomic E-state index is -4.89. The molecule has 0 spiro atoms. The Morgan fingerprint density at radius 3 is 2.57 bits per heavy atom. The van der Waals surface area contributed by atoms with Gasteiger partial charge in [0, 0.05) is 56.2 Å². The highest BCUT2D eigenvalue weighted by Crippen LogP contribution is 2.36. The van der Waals surface area contributed by atoms with Crippen molar-refractivity contribution in [3.05, 3.63) is 77.2 Å². The van der Waals surface area contributed by atoms with Crippen molar-refractivity contribution in [3.8, 4) is 17.0 Å². The second kappa shape index (κ2) is 13.2. The van der Waals surface area contributed by atoms with E-state index in [4.69, 9.17) is 10.5 Å². The topological polar surface area (TPSA) is 101 Å². The predicted octanol–water partition coefficient (Wildman–Crippen LogP) is 4.73. The number of amides is 2. The molecule has 0 radical (unpaired) electrons. The van der Waals surface area contributed by atoms with E-state index >= 15 is 0 Å². The average molecular weight is 588 g/mol. The van der Waals surface area contributed by atoms with Crippen LogP contribution in [0.5, 0.6) is 5.88 Å². The molecule has 42 heavy (non-hydrogen) atoms. The maximum atomic E-state index is 13.6. The van der Waals surface area contributed by atoms with Gasteiger partial charge < -0.3 is 25.6 Å². The van der Waals surface area contributed by atoms with E-state index in [0.29, 0.717) is 47.4 Å². The Balaban J connectivity index is 1.67. The largest absolute Gasteiger partial charge is 0.478 e. The number of hydrogen-bond donors (Lipinski definition) is 2. The van der Waals surface area contributed by atoms with Gasteiger partial charge >= 0.3 is 6.18 Å². The molecule has 0 bridgehead atoms. The van der Waals surface area contributed by atoms with Crippen LogP contribution in [0.4, 0.5) is 23.2 Å². The molecule has 2 amide bonds. The molecule has 2 aromatic carbocycles.